The molecule has 2 unspecified atom stereocenters. The molecule has 0 aliphatic carbocycles. The third-order valence-electron chi connectivity index (χ3n) is 3.84. The molecule has 0 radical (unpaired) electrons. The summed E-state index contributed by atoms with van der Waals surface area (Å²) < 4.78 is 29.1. The predicted octanol–water partition coefficient (Wildman–Crippen LogP) is 0.322. The van der Waals surface area contributed by atoms with E-state index in [1.54, 1.807) is 4.68 Å². The van der Waals surface area contributed by atoms with Crippen molar-refractivity contribution in [2.45, 2.75) is 37.7 Å². The number of benzene rings is 1. The smallest absolute Gasteiger partial charge is 0.253 e. The van der Waals surface area contributed by atoms with Crippen LogP contribution in [-0.2, 0) is 16.6 Å². The first-order chi connectivity index (χ1) is 11.0. The summed E-state index contributed by atoms with van der Waals surface area (Å²) in [4.78, 5) is 4.04. The van der Waals surface area contributed by atoms with E-state index in [9.17, 15) is 8.42 Å². The van der Waals surface area contributed by atoms with Crippen LogP contribution in [0.5, 0.6) is 0 Å². The third-order valence-corrected chi connectivity index (χ3v) is 5.84. The second kappa shape index (κ2) is 6.26. The molecule has 3 N–H and O–H groups in total. The highest BCUT2D eigenvalue weighted by atomic mass is 32.2. The summed E-state index contributed by atoms with van der Waals surface area (Å²) >= 11 is 0. The van der Waals surface area contributed by atoms with Gasteiger partial charge in [-0.25, -0.2) is 17.8 Å². The molecule has 2 atom stereocenters. The van der Waals surface area contributed by atoms with Gasteiger partial charge >= 0.3 is 0 Å². The molecule has 1 aliphatic rings. The molecule has 124 valence electrons. The fourth-order valence-electron chi connectivity index (χ4n) is 2.78. The summed E-state index contributed by atoms with van der Waals surface area (Å²) in [7, 11) is -3.58. The maximum Gasteiger partial charge on any atom is 0.255 e. The first-order valence-electron chi connectivity index (χ1n) is 7.42. The molecule has 2 aromatic rings. The maximum atomic E-state index is 12.5. The Morgan fingerprint density at radius 3 is 2.48 bits per heavy atom. The topological polar surface area (TPSA) is 101 Å². The van der Waals surface area contributed by atoms with Gasteiger partial charge in [-0.3, -0.25) is 10.9 Å². The van der Waals surface area contributed by atoms with E-state index in [1.165, 1.54) is 6.33 Å². The second-order valence-corrected chi connectivity index (χ2v) is 7.57. The van der Waals surface area contributed by atoms with Crippen molar-refractivity contribution >= 4 is 16.0 Å². The molecular weight excluding hydrogens is 316 g/mol. The van der Waals surface area contributed by atoms with Crippen molar-refractivity contribution in [2.75, 3.05) is 4.72 Å². The molecule has 9 heteroatoms. The van der Waals surface area contributed by atoms with Crippen LogP contribution in [0.2, 0.25) is 0 Å². The van der Waals surface area contributed by atoms with Gasteiger partial charge in [0.1, 0.15) is 11.6 Å². The van der Waals surface area contributed by atoms with Gasteiger partial charge in [0.2, 0.25) is 10.0 Å². The number of nitrogens with one attached hydrogen (secondary N) is 3. The Hall–Kier alpha value is -1.97. The van der Waals surface area contributed by atoms with Crippen LogP contribution in [0.4, 0.5) is 5.95 Å². The SMILES string of the molecule is CC1NNC(C)C1S(=O)(=O)Nc1ncn(Cc2ccccc2)n1. The van der Waals surface area contributed by atoms with E-state index in [2.05, 4.69) is 25.7 Å². The van der Waals surface area contributed by atoms with E-state index in [0.717, 1.165) is 5.56 Å². The number of nitrogens with zero attached hydrogens (tertiary/aromatic N) is 3. The summed E-state index contributed by atoms with van der Waals surface area (Å²) in [5.74, 6) is 0.0900. The Kier molecular flexibility index (Phi) is 4.33. The van der Waals surface area contributed by atoms with E-state index in [0.29, 0.717) is 6.54 Å². The van der Waals surface area contributed by atoms with Crippen molar-refractivity contribution in [3.05, 3.63) is 42.2 Å². The van der Waals surface area contributed by atoms with Crippen LogP contribution in [0.25, 0.3) is 0 Å². The molecule has 0 bridgehead atoms. The fourth-order valence-corrected chi connectivity index (χ4v) is 4.48. The lowest BCUT2D eigenvalue weighted by molar-refractivity contribution is 0.563. The van der Waals surface area contributed by atoms with Crippen molar-refractivity contribution < 1.29 is 8.42 Å². The summed E-state index contributed by atoms with van der Waals surface area (Å²) in [5.41, 5.74) is 6.94. The van der Waals surface area contributed by atoms with Crippen molar-refractivity contribution in [2.24, 2.45) is 0 Å². The van der Waals surface area contributed by atoms with Crippen molar-refractivity contribution in [1.29, 1.82) is 0 Å². The lowest BCUT2D eigenvalue weighted by Gasteiger charge is -2.18. The number of anilines is 1. The summed E-state index contributed by atoms with van der Waals surface area (Å²) in [5, 5.41) is 3.59. The minimum Gasteiger partial charge on any atom is -0.253 e. The standard InChI is InChI=1S/C14H20N6O2S/c1-10-13(11(2)17-16-10)23(21,22)19-14-15-9-20(18-14)8-12-6-4-3-5-7-12/h3-7,9-11,13,16-17H,8H2,1-2H3,(H,18,19). The van der Waals surface area contributed by atoms with Gasteiger partial charge in [-0.1, -0.05) is 30.3 Å². The van der Waals surface area contributed by atoms with Crippen LogP contribution >= 0.6 is 0 Å². The fraction of sp³-hybridized carbons (Fsp3) is 0.429. The number of hydrogen-bond acceptors (Lipinski definition) is 6. The summed E-state index contributed by atoms with van der Waals surface area (Å²) in [6, 6.07) is 9.38. The van der Waals surface area contributed by atoms with Crippen LogP contribution in [-0.4, -0.2) is 40.5 Å². The number of aromatic nitrogens is 3. The van der Waals surface area contributed by atoms with Crippen LogP contribution in [0, 0.1) is 0 Å². The van der Waals surface area contributed by atoms with E-state index in [4.69, 9.17) is 0 Å². The van der Waals surface area contributed by atoms with Gasteiger partial charge < -0.3 is 0 Å². The molecule has 1 saturated heterocycles. The molecule has 0 spiro atoms. The van der Waals surface area contributed by atoms with Crippen molar-refractivity contribution in [1.82, 2.24) is 25.6 Å². The maximum absolute atomic E-state index is 12.5. The molecular formula is C14H20N6O2S. The van der Waals surface area contributed by atoms with Gasteiger partial charge in [0, 0.05) is 12.1 Å². The highest BCUT2D eigenvalue weighted by molar-refractivity contribution is 7.93. The van der Waals surface area contributed by atoms with Crippen LogP contribution in [0.1, 0.15) is 19.4 Å². The predicted molar refractivity (Wildman–Crippen MR) is 87.1 cm³/mol. The second-order valence-electron chi connectivity index (χ2n) is 5.73. The average Bonchev–Trinajstić information content (AvgIpc) is 3.06. The van der Waals surface area contributed by atoms with E-state index >= 15 is 0 Å². The quantitative estimate of drug-likeness (QED) is 0.727. The zero-order valence-corrected chi connectivity index (χ0v) is 13.8. The molecule has 0 amide bonds. The highest BCUT2D eigenvalue weighted by Crippen LogP contribution is 2.17. The van der Waals surface area contributed by atoms with E-state index < -0.39 is 15.3 Å². The van der Waals surface area contributed by atoms with Gasteiger partial charge in [0.25, 0.3) is 5.95 Å². The molecule has 1 fully saturated rings. The van der Waals surface area contributed by atoms with Crippen LogP contribution in [0.3, 0.4) is 0 Å². The Morgan fingerprint density at radius 1 is 1.17 bits per heavy atom. The normalized spacial score (nSPS) is 24.7. The molecule has 3 rings (SSSR count). The largest absolute Gasteiger partial charge is 0.255 e. The molecule has 1 aromatic heterocycles. The van der Waals surface area contributed by atoms with E-state index in [-0.39, 0.29) is 18.0 Å². The number of hydrazine groups is 1. The molecule has 2 heterocycles. The molecule has 0 saturated carbocycles. The van der Waals surface area contributed by atoms with Crippen molar-refractivity contribution in [3.63, 3.8) is 0 Å². The molecule has 8 nitrogen and oxygen atoms in total. The Labute approximate surface area is 135 Å². The number of hydrogen-bond donors (Lipinski definition) is 3. The lowest BCUT2D eigenvalue weighted by Crippen LogP contribution is -2.41. The molecule has 1 aliphatic heterocycles. The number of sulfonamides is 1. The van der Waals surface area contributed by atoms with Gasteiger partial charge in [-0.05, 0) is 19.4 Å². The van der Waals surface area contributed by atoms with Gasteiger partial charge in [-0.2, -0.15) is 4.98 Å². The molecule has 23 heavy (non-hydrogen) atoms. The Morgan fingerprint density at radius 2 is 1.83 bits per heavy atom. The minimum atomic E-state index is -3.58. The minimum absolute atomic E-state index is 0.0900. The van der Waals surface area contributed by atoms with Gasteiger partial charge in [-0.15, -0.1) is 5.10 Å². The zero-order valence-electron chi connectivity index (χ0n) is 13.0. The van der Waals surface area contributed by atoms with Gasteiger partial charge in [0.05, 0.1) is 6.54 Å². The summed E-state index contributed by atoms with van der Waals surface area (Å²) in [6.07, 6.45) is 1.52. The van der Waals surface area contributed by atoms with E-state index in [1.807, 2.05) is 44.2 Å². The number of rotatable bonds is 5. The lowest BCUT2D eigenvalue weighted by atomic mass is 10.2. The summed E-state index contributed by atoms with van der Waals surface area (Å²) in [6.45, 7) is 4.18. The van der Waals surface area contributed by atoms with Crippen LogP contribution < -0.4 is 15.6 Å². The first-order valence-corrected chi connectivity index (χ1v) is 8.96. The molecule has 1 aromatic carbocycles. The Bertz CT molecular complexity index is 751. The highest BCUT2D eigenvalue weighted by Gasteiger charge is 2.40. The van der Waals surface area contributed by atoms with Gasteiger partial charge in [0.15, 0.2) is 0 Å². The first kappa shape index (κ1) is 15.9. The zero-order chi connectivity index (χ0) is 16.4. The Balaban J connectivity index is 1.71. The average molecular weight is 336 g/mol. The third kappa shape index (κ3) is 3.52. The van der Waals surface area contributed by atoms with Crippen LogP contribution in [0.15, 0.2) is 36.7 Å². The van der Waals surface area contributed by atoms with Crippen molar-refractivity contribution in [3.8, 4) is 0 Å². The monoisotopic (exact) mass is 336 g/mol.